The minimum Gasteiger partial charge on any atom is -0.224 e. The molecule has 1 fully saturated rings. The summed E-state index contributed by atoms with van der Waals surface area (Å²) in [5, 5.41) is 0. The van der Waals surface area contributed by atoms with Crippen LogP contribution in [0.15, 0.2) is 52.3 Å². The number of piperidine rings is 1. The van der Waals surface area contributed by atoms with E-state index in [2.05, 4.69) is 31.2 Å². The van der Waals surface area contributed by atoms with E-state index in [1.165, 1.54) is 27.6 Å². The van der Waals surface area contributed by atoms with Gasteiger partial charge in [0.1, 0.15) is 0 Å². The van der Waals surface area contributed by atoms with Crippen LogP contribution in [0.3, 0.4) is 0 Å². The molecule has 7 heteroatoms. The summed E-state index contributed by atoms with van der Waals surface area (Å²) in [4.78, 5) is 0.133. The average Bonchev–Trinajstić information content (AvgIpc) is 2.67. The van der Waals surface area contributed by atoms with Gasteiger partial charge in [-0.25, -0.2) is 16.8 Å². The Hall–Kier alpha value is -1.70. The van der Waals surface area contributed by atoms with Gasteiger partial charge < -0.3 is 0 Å². The van der Waals surface area contributed by atoms with Crippen molar-refractivity contribution < 1.29 is 16.8 Å². The second kappa shape index (κ2) is 8.58. The van der Waals surface area contributed by atoms with Crippen LogP contribution >= 0.6 is 0 Å². The third-order valence-electron chi connectivity index (χ3n) is 5.74. The molecule has 0 aromatic heterocycles. The Kier molecular flexibility index (Phi) is 6.51. The normalized spacial score (nSPS) is 16.8. The number of rotatable bonds is 6. The summed E-state index contributed by atoms with van der Waals surface area (Å²) in [6.07, 6.45) is 4.81. The monoisotopic (exact) mass is 435 g/mol. The first kappa shape index (κ1) is 22.0. The van der Waals surface area contributed by atoms with Crippen molar-refractivity contribution in [2.45, 2.75) is 49.3 Å². The fraction of sp³-hybridized carbons (Fsp3) is 0.455. The molecular formula is C22H29NO4S2. The zero-order valence-corrected chi connectivity index (χ0v) is 18.9. The maximum Gasteiger partial charge on any atom is 0.243 e. The Morgan fingerprint density at radius 2 is 1.55 bits per heavy atom. The van der Waals surface area contributed by atoms with Crippen LogP contribution < -0.4 is 0 Å². The van der Waals surface area contributed by atoms with Gasteiger partial charge in [0.05, 0.1) is 9.79 Å². The molecule has 1 aliphatic rings. The highest BCUT2D eigenvalue weighted by Crippen LogP contribution is 2.29. The highest BCUT2D eigenvalue weighted by atomic mass is 32.2. The van der Waals surface area contributed by atoms with Gasteiger partial charge >= 0.3 is 0 Å². The maximum atomic E-state index is 13.1. The van der Waals surface area contributed by atoms with Crippen molar-refractivity contribution in [1.82, 2.24) is 4.31 Å². The predicted octanol–water partition coefficient (Wildman–Crippen LogP) is 3.74. The first-order valence-corrected chi connectivity index (χ1v) is 13.3. The number of sulfonamides is 1. The fourth-order valence-corrected chi connectivity index (χ4v) is 6.23. The molecule has 5 nitrogen and oxygen atoms in total. The molecule has 3 rings (SSSR count). The van der Waals surface area contributed by atoms with Gasteiger partial charge in [0.25, 0.3) is 0 Å². The summed E-state index contributed by atoms with van der Waals surface area (Å²) in [5.74, 6) is 0.506. The molecule has 0 radical (unpaired) electrons. The Labute approximate surface area is 174 Å². The fourth-order valence-electron chi connectivity index (χ4n) is 3.79. The second-order valence-corrected chi connectivity index (χ2v) is 12.0. The Balaban J connectivity index is 1.66. The van der Waals surface area contributed by atoms with Crippen molar-refractivity contribution in [3.05, 3.63) is 59.2 Å². The molecule has 2 aromatic rings. The molecule has 0 N–H and O–H groups in total. The zero-order chi connectivity index (χ0) is 21.2. The van der Waals surface area contributed by atoms with Crippen LogP contribution in [-0.4, -0.2) is 40.5 Å². The van der Waals surface area contributed by atoms with E-state index in [0.29, 0.717) is 24.6 Å². The van der Waals surface area contributed by atoms with Crippen LogP contribution in [0.1, 0.15) is 36.0 Å². The van der Waals surface area contributed by atoms with Gasteiger partial charge in [-0.05, 0) is 68.7 Å². The summed E-state index contributed by atoms with van der Waals surface area (Å²) < 4.78 is 51.5. The molecule has 158 valence electrons. The molecule has 29 heavy (non-hydrogen) atoms. The topological polar surface area (TPSA) is 71.5 Å². The molecular weight excluding hydrogens is 406 g/mol. The standard InChI is InChI=1S/C22H29NO4S2/c1-17-4-7-19(8-5-17)9-10-20-12-14-23(15-13-20)29(26,27)22-16-21(28(3,24)25)11-6-18(22)2/h4-8,11,16,20H,9-10,12-15H2,1-3H3. The lowest BCUT2D eigenvalue weighted by atomic mass is 9.91. The summed E-state index contributed by atoms with van der Waals surface area (Å²) in [6.45, 7) is 4.73. The molecule has 0 spiro atoms. The number of hydrogen-bond acceptors (Lipinski definition) is 4. The van der Waals surface area contributed by atoms with Gasteiger partial charge in [-0.2, -0.15) is 4.31 Å². The third-order valence-corrected chi connectivity index (χ3v) is 8.89. The minimum absolute atomic E-state index is 0.0367. The van der Waals surface area contributed by atoms with Gasteiger partial charge in [-0.3, -0.25) is 0 Å². The van der Waals surface area contributed by atoms with Crippen LogP contribution in [0.4, 0.5) is 0 Å². The minimum atomic E-state index is -3.70. The summed E-state index contributed by atoms with van der Waals surface area (Å²) in [5.41, 5.74) is 3.14. The first-order chi connectivity index (χ1) is 13.6. The van der Waals surface area contributed by atoms with E-state index in [9.17, 15) is 16.8 Å². The Morgan fingerprint density at radius 1 is 0.931 bits per heavy atom. The van der Waals surface area contributed by atoms with E-state index in [4.69, 9.17) is 0 Å². The van der Waals surface area contributed by atoms with Gasteiger partial charge in [-0.1, -0.05) is 35.9 Å². The number of sulfone groups is 1. The largest absolute Gasteiger partial charge is 0.243 e. The number of benzene rings is 2. The van der Waals surface area contributed by atoms with E-state index >= 15 is 0 Å². The Morgan fingerprint density at radius 3 is 2.14 bits per heavy atom. The molecule has 0 amide bonds. The van der Waals surface area contributed by atoms with Gasteiger partial charge in [0, 0.05) is 19.3 Å². The molecule has 2 aromatic carbocycles. The maximum absolute atomic E-state index is 13.1. The lowest BCUT2D eigenvalue weighted by Crippen LogP contribution is -2.38. The predicted molar refractivity (Wildman–Crippen MR) is 115 cm³/mol. The molecule has 1 heterocycles. The summed E-state index contributed by atoms with van der Waals surface area (Å²) in [7, 11) is -7.16. The van der Waals surface area contributed by atoms with Gasteiger partial charge in [0.15, 0.2) is 9.84 Å². The van der Waals surface area contributed by atoms with Crippen molar-refractivity contribution in [3.8, 4) is 0 Å². The molecule has 1 aliphatic heterocycles. The van der Waals surface area contributed by atoms with Crippen LogP contribution in [0.5, 0.6) is 0 Å². The van der Waals surface area contributed by atoms with Crippen molar-refractivity contribution in [1.29, 1.82) is 0 Å². The number of hydrogen-bond donors (Lipinski definition) is 0. The van der Waals surface area contributed by atoms with Gasteiger partial charge in [-0.15, -0.1) is 0 Å². The molecule has 0 unspecified atom stereocenters. The molecule has 0 aliphatic carbocycles. The van der Waals surface area contributed by atoms with Crippen LogP contribution in [0, 0.1) is 19.8 Å². The lowest BCUT2D eigenvalue weighted by molar-refractivity contribution is 0.263. The Bertz CT molecular complexity index is 1070. The summed E-state index contributed by atoms with van der Waals surface area (Å²) in [6, 6.07) is 12.9. The van der Waals surface area contributed by atoms with Crippen molar-refractivity contribution in [3.63, 3.8) is 0 Å². The lowest BCUT2D eigenvalue weighted by Gasteiger charge is -2.31. The van der Waals surface area contributed by atoms with Crippen molar-refractivity contribution >= 4 is 19.9 Å². The van der Waals surface area contributed by atoms with Crippen molar-refractivity contribution in [2.75, 3.05) is 19.3 Å². The SMILES string of the molecule is Cc1ccc(CCC2CCN(S(=O)(=O)c3cc(S(C)(=O)=O)ccc3C)CC2)cc1. The molecule has 0 atom stereocenters. The van der Waals surface area contributed by atoms with Crippen LogP contribution in [0.2, 0.25) is 0 Å². The van der Waals surface area contributed by atoms with E-state index in [-0.39, 0.29) is 9.79 Å². The molecule has 0 saturated carbocycles. The first-order valence-electron chi connectivity index (χ1n) is 9.94. The molecule has 0 bridgehead atoms. The average molecular weight is 436 g/mol. The quantitative estimate of drug-likeness (QED) is 0.693. The molecule has 1 saturated heterocycles. The van der Waals surface area contributed by atoms with E-state index < -0.39 is 19.9 Å². The highest BCUT2D eigenvalue weighted by Gasteiger charge is 2.31. The van der Waals surface area contributed by atoms with Crippen molar-refractivity contribution in [2.24, 2.45) is 5.92 Å². The third kappa shape index (κ3) is 5.27. The smallest absolute Gasteiger partial charge is 0.224 e. The zero-order valence-electron chi connectivity index (χ0n) is 17.3. The van der Waals surface area contributed by atoms with Gasteiger partial charge in [0.2, 0.25) is 10.0 Å². The summed E-state index contributed by atoms with van der Waals surface area (Å²) >= 11 is 0. The number of nitrogens with zero attached hydrogens (tertiary/aromatic N) is 1. The second-order valence-electron chi connectivity index (χ2n) is 8.07. The highest BCUT2D eigenvalue weighted by molar-refractivity contribution is 7.91. The van der Waals surface area contributed by atoms with E-state index in [1.807, 2.05) is 0 Å². The van der Waals surface area contributed by atoms with Crippen LogP contribution in [0.25, 0.3) is 0 Å². The van der Waals surface area contributed by atoms with Crippen LogP contribution in [-0.2, 0) is 26.3 Å². The number of aryl methyl sites for hydroxylation is 3. The van der Waals surface area contributed by atoms with E-state index in [0.717, 1.165) is 31.9 Å². The van der Waals surface area contributed by atoms with E-state index in [1.54, 1.807) is 13.0 Å².